The zero-order chi connectivity index (χ0) is 12.7. The normalized spacial score (nSPS) is 27.6. The average molecular weight is 232 g/mol. The van der Waals surface area contributed by atoms with Crippen molar-refractivity contribution in [2.24, 2.45) is 5.41 Å². The molecular weight excluding hydrogens is 208 g/mol. The predicted octanol–water partition coefficient (Wildman–Crippen LogP) is 4.21. The standard InChI is InChI=1S/C16H24O/c1-12(2)13-6-8-14(9-7-13)16(17)11-5-10-15(16,3)4/h6-9,12,17H,5,10-11H2,1-4H3. The molecule has 0 radical (unpaired) electrons. The third-order valence-electron chi connectivity index (χ3n) is 4.51. The summed E-state index contributed by atoms with van der Waals surface area (Å²) in [4.78, 5) is 0. The van der Waals surface area contributed by atoms with Crippen LogP contribution in [0.5, 0.6) is 0 Å². The van der Waals surface area contributed by atoms with Gasteiger partial charge in [-0.25, -0.2) is 0 Å². The fraction of sp³-hybridized carbons (Fsp3) is 0.625. The van der Waals surface area contributed by atoms with Crippen molar-refractivity contribution in [1.82, 2.24) is 0 Å². The number of benzene rings is 1. The van der Waals surface area contributed by atoms with Crippen molar-refractivity contribution in [3.05, 3.63) is 35.4 Å². The fourth-order valence-electron chi connectivity index (χ4n) is 3.01. The lowest BCUT2D eigenvalue weighted by Crippen LogP contribution is -2.36. The lowest BCUT2D eigenvalue weighted by atomic mass is 9.73. The summed E-state index contributed by atoms with van der Waals surface area (Å²) in [7, 11) is 0. The second-order valence-electron chi connectivity index (χ2n) is 6.37. The Bertz CT molecular complexity index is 388. The molecule has 1 aliphatic rings. The average Bonchev–Trinajstić information content (AvgIpc) is 2.55. The molecule has 17 heavy (non-hydrogen) atoms. The Morgan fingerprint density at radius 1 is 1.06 bits per heavy atom. The van der Waals surface area contributed by atoms with Gasteiger partial charge < -0.3 is 5.11 Å². The maximum absolute atomic E-state index is 10.9. The smallest absolute Gasteiger partial charge is 0.0947 e. The minimum absolute atomic E-state index is 0.00759. The quantitative estimate of drug-likeness (QED) is 0.810. The van der Waals surface area contributed by atoms with Crippen LogP contribution in [0.4, 0.5) is 0 Å². The molecule has 0 heterocycles. The number of aliphatic hydroxyl groups is 1. The summed E-state index contributed by atoms with van der Waals surface area (Å²) in [6.45, 7) is 8.75. The summed E-state index contributed by atoms with van der Waals surface area (Å²) in [5.74, 6) is 0.551. The largest absolute Gasteiger partial charge is 0.385 e. The number of rotatable bonds is 2. The van der Waals surface area contributed by atoms with Gasteiger partial charge in [0.15, 0.2) is 0 Å². The Morgan fingerprint density at radius 3 is 2.06 bits per heavy atom. The van der Waals surface area contributed by atoms with Crippen molar-refractivity contribution >= 4 is 0 Å². The van der Waals surface area contributed by atoms with Crippen LogP contribution < -0.4 is 0 Å². The maximum atomic E-state index is 10.9. The first-order chi connectivity index (χ1) is 7.87. The van der Waals surface area contributed by atoms with Gasteiger partial charge in [-0.05, 0) is 41.7 Å². The van der Waals surface area contributed by atoms with Crippen molar-refractivity contribution in [3.8, 4) is 0 Å². The second-order valence-corrected chi connectivity index (χ2v) is 6.37. The first-order valence-corrected chi connectivity index (χ1v) is 6.70. The van der Waals surface area contributed by atoms with E-state index in [-0.39, 0.29) is 5.41 Å². The van der Waals surface area contributed by atoms with Crippen LogP contribution >= 0.6 is 0 Å². The van der Waals surface area contributed by atoms with E-state index in [0.29, 0.717) is 5.92 Å². The van der Waals surface area contributed by atoms with Crippen molar-refractivity contribution in [2.45, 2.75) is 58.5 Å². The highest BCUT2D eigenvalue weighted by atomic mass is 16.3. The van der Waals surface area contributed by atoms with Crippen LogP contribution in [0.25, 0.3) is 0 Å². The van der Waals surface area contributed by atoms with Gasteiger partial charge in [0.2, 0.25) is 0 Å². The molecule has 0 spiro atoms. The van der Waals surface area contributed by atoms with Gasteiger partial charge in [-0.3, -0.25) is 0 Å². The zero-order valence-electron chi connectivity index (χ0n) is 11.5. The summed E-state index contributed by atoms with van der Waals surface area (Å²) in [5, 5.41) is 10.9. The lowest BCUT2D eigenvalue weighted by molar-refractivity contribution is -0.0485. The van der Waals surface area contributed by atoms with Gasteiger partial charge in [-0.2, -0.15) is 0 Å². The summed E-state index contributed by atoms with van der Waals surface area (Å²) >= 11 is 0. The molecule has 1 aromatic carbocycles. The first-order valence-electron chi connectivity index (χ1n) is 6.70. The van der Waals surface area contributed by atoms with Crippen LogP contribution in [0.1, 0.15) is 64.0 Å². The molecule has 0 aromatic heterocycles. The fourth-order valence-corrected chi connectivity index (χ4v) is 3.01. The Balaban J connectivity index is 2.34. The van der Waals surface area contributed by atoms with Gasteiger partial charge >= 0.3 is 0 Å². The van der Waals surface area contributed by atoms with Gasteiger partial charge in [-0.1, -0.05) is 52.0 Å². The van der Waals surface area contributed by atoms with E-state index in [4.69, 9.17) is 0 Å². The molecule has 1 N–H and O–H groups in total. The van der Waals surface area contributed by atoms with Gasteiger partial charge in [0, 0.05) is 0 Å². The van der Waals surface area contributed by atoms with Crippen LogP contribution in [0.3, 0.4) is 0 Å². The van der Waals surface area contributed by atoms with Gasteiger partial charge in [-0.15, -0.1) is 0 Å². The molecule has 1 atom stereocenters. The summed E-state index contributed by atoms with van der Waals surface area (Å²) in [6, 6.07) is 8.55. The molecular formula is C16H24O. The molecule has 1 aromatic rings. The highest BCUT2D eigenvalue weighted by Crippen LogP contribution is 2.52. The summed E-state index contributed by atoms with van der Waals surface area (Å²) < 4.78 is 0. The van der Waals surface area contributed by atoms with E-state index in [9.17, 15) is 5.11 Å². The second kappa shape index (κ2) is 4.13. The molecule has 0 saturated heterocycles. The topological polar surface area (TPSA) is 20.2 Å². The van der Waals surface area contributed by atoms with Gasteiger partial charge in [0.25, 0.3) is 0 Å². The van der Waals surface area contributed by atoms with E-state index in [1.165, 1.54) is 5.56 Å². The van der Waals surface area contributed by atoms with Crippen LogP contribution in [0.15, 0.2) is 24.3 Å². The van der Waals surface area contributed by atoms with Crippen LogP contribution in [-0.2, 0) is 5.60 Å². The monoisotopic (exact) mass is 232 g/mol. The zero-order valence-corrected chi connectivity index (χ0v) is 11.5. The Morgan fingerprint density at radius 2 is 1.65 bits per heavy atom. The minimum atomic E-state index is -0.636. The molecule has 0 aliphatic heterocycles. The van der Waals surface area contributed by atoms with E-state index in [0.717, 1.165) is 24.8 Å². The Hall–Kier alpha value is -0.820. The van der Waals surface area contributed by atoms with E-state index in [1.54, 1.807) is 0 Å². The molecule has 2 rings (SSSR count). The molecule has 0 amide bonds. The van der Waals surface area contributed by atoms with Crippen molar-refractivity contribution in [2.75, 3.05) is 0 Å². The molecule has 94 valence electrons. The van der Waals surface area contributed by atoms with Gasteiger partial charge in [0.05, 0.1) is 5.60 Å². The Kier molecular flexibility index (Phi) is 3.07. The van der Waals surface area contributed by atoms with E-state index >= 15 is 0 Å². The van der Waals surface area contributed by atoms with Crippen LogP contribution in [0, 0.1) is 5.41 Å². The van der Waals surface area contributed by atoms with Crippen molar-refractivity contribution in [3.63, 3.8) is 0 Å². The van der Waals surface area contributed by atoms with Crippen LogP contribution in [-0.4, -0.2) is 5.11 Å². The molecule has 1 unspecified atom stereocenters. The molecule has 1 saturated carbocycles. The van der Waals surface area contributed by atoms with Gasteiger partial charge in [0.1, 0.15) is 0 Å². The molecule has 1 heteroatoms. The molecule has 0 bridgehead atoms. The number of hydrogen-bond acceptors (Lipinski definition) is 1. The lowest BCUT2D eigenvalue weighted by Gasteiger charge is -2.37. The van der Waals surface area contributed by atoms with Crippen LogP contribution in [0.2, 0.25) is 0 Å². The third-order valence-corrected chi connectivity index (χ3v) is 4.51. The van der Waals surface area contributed by atoms with E-state index in [2.05, 4.69) is 52.0 Å². The first kappa shape index (κ1) is 12.6. The minimum Gasteiger partial charge on any atom is -0.385 e. The van der Waals surface area contributed by atoms with E-state index < -0.39 is 5.60 Å². The van der Waals surface area contributed by atoms with Crippen molar-refractivity contribution in [1.29, 1.82) is 0 Å². The number of hydrogen-bond donors (Lipinski definition) is 1. The third kappa shape index (κ3) is 2.01. The maximum Gasteiger partial charge on any atom is 0.0947 e. The Labute approximate surface area is 105 Å². The summed E-state index contributed by atoms with van der Waals surface area (Å²) in [6.07, 6.45) is 3.12. The molecule has 1 fully saturated rings. The van der Waals surface area contributed by atoms with E-state index in [1.807, 2.05) is 0 Å². The SMILES string of the molecule is CC(C)c1ccc(C2(O)CCCC2(C)C)cc1. The highest BCUT2D eigenvalue weighted by molar-refractivity contribution is 5.31. The molecule has 1 nitrogen and oxygen atoms in total. The highest BCUT2D eigenvalue weighted by Gasteiger charge is 2.48. The summed E-state index contributed by atoms with van der Waals surface area (Å²) in [5.41, 5.74) is 1.78. The predicted molar refractivity (Wildman–Crippen MR) is 72.1 cm³/mol. The molecule has 1 aliphatic carbocycles. The van der Waals surface area contributed by atoms with Crippen molar-refractivity contribution < 1.29 is 5.11 Å².